The molecule has 0 spiro atoms. The molecule has 1 aliphatic heterocycles. The van der Waals surface area contributed by atoms with Gasteiger partial charge in [0.2, 0.25) is 0 Å². The van der Waals surface area contributed by atoms with E-state index in [2.05, 4.69) is 0 Å². The molecule has 1 nitrogen and oxygen atoms in total. The minimum atomic E-state index is -4.24. The zero-order valence-electron chi connectivity index (χ0n) is 11.7. The van der Waals surface area contributed by atoms with Crippen LogP contribution in [0.3, 0.4) is 0 Å². The molecule has 0 unspecified atom stereocenters. The van der Waals surface area contributed by atoms with Crippen molar-refractivity contribution in [2.45, 2.75) is 29.8 Å². The summed E-state index contributed by atoms with van der Waals surface area (Å²) in [5.41, 5.74) is 3.26. The molecule has 0 aliphatic carbocycles. The zero-order chi connectivity index (χ0) is 15.2. The lowest BCUT2D eigenvalue weighted by atomic mass is 10.1. The van der Waals surface area contributed by atoms with Crippen LogP contribution in [-0.2, 0) is 0 Å². The Morgan fingerprint density at radius 2 is 1.57 bits per heavy atom. The van der Waals surface area contributed by atoms with Crippen LogP contribution in [0.4, 0.5) is 24.5 Å². The van der Waals surface area contributed by atoms with Gasteiger partial charge < -0.3 is 4.90 Å². The van der Waals surface area contributed by atoms with Gasteiger partial charge in [-0.15, -0.1) is 0 Å². The van der Waals surface area contributed by atoms with Crippen LogP contribution in [-0.4, -0.2) is 12.7 Å². The summed E-state index contributed by atoms with van der Waals surface area (Å²) in [6, 6.07) is 11.2. The fraction of sp³-hybridized carbons (Fsp3) is 0.250. The Kier molecular flexibility index (Phi) is 3.40. The smallest absolute Gasteiger partial charge is 0.330 e. The second-order valence-corrected chi connectivity index (χ2v) is 6.33. The van der Waals surface area contributed by atoms with Crippen molar-refractivity contribution in [1.82, 2.24) is 0 Å². The number of aryl methyl sites for hydroxylation is 2. The van der Waals surface area contributed by atoms with E-state index in [4.69, 9.17) is 0 Å². The number of anilines is 2. The Morgan fingerprint density at radius 3 is 2.29 bits per heavy atom. The molecular weight excluding hydrogens is 295 g/mol. The monoisotopic (exact) mass is 309 g/mol. The number of hydrogen-bond acceptors (Lipinski definition) is 2. The van der Waals surface area contributed by atoms with E-state index in [1.165, 1.54) is 16.7 Å². The molecule has 0 amide bonds. The minimum absolute atomic E-state index is 0.626. The quantitative estimate of drug-likeness (QED) is 0.687. The molecule has 0 atom stereocenters. The van der Waals surface area contributed by atoms with E-state index in [1.807, 2.05) is 44.2 Å². The Balaban J connectivity index is 2.15. The third kappa shape index (κ3) is 2.88. The molecule has 0 fully saturated rings. The van der Waals surface area contributed by atoms with Crippen molar-refractivity contribution in [2.75, 3.05) is 11.4 Å². The Labute approximate surface area is 125 Å². The van der Waals surface area contributed by atoms with E-state index < -0.39 is 12.7 Å². The molecule has 0 saturated carbocycles. The van der Waals surface area contributed by atoms with Crippen molar-refractivity contribution in [2.24, 2.45) is 0 Å². The summed E-state index contributed by atoms with van der Waals surface area (Å²) < 4.78 is 38.9. The molecule has 5 heteroatoms. The van der Waals surface area contributed by atoms with E-state index in [0.29, 0.717) is 11.4 Å². The average Bonchev–Trinajstić information content (AvgIpc) is 2.37. The third-order valence-electron chi connectivity index (χ3n) is 3.37. The molecule has 0 aromatic heterocycles. The molecule has 2 aromatic rings. The van der Waals surface area contributed by atoms with E-state index in [1.54, 1.807) is 6.07 Å². The molecule has 0 N–H and O–H groups in total. The maximum Gasteiger partial charge on any atom is 0.406 e. The predicted octanol–water partition coefficient (Wildman–Crippen LogP) is 5.47. The molecule has 1 heterocycles. The van der Waals surface area contributed by atoms with Crippen LogP contribution < -0.4 is 4.90 Å². The molecular formula is C16H14F3NS. The molecule has 2 aromatic carbocycles. The molecule has 110 valence electrons. The number of benzene rings is 2. The Bertz CT molecular complexity index is 694. The van der Waals surface area contributed by atoms with Crippen molar-refractivity contribution in [3.8, 4) is 0 Å². The first-order chi connectivity index (χ1) is 9.83. The number of nitrogens with zero attached hydrogens (tertiary/aromatic N) is 1. The van der Waals surface area contributed by atoms with Gasteiger partial charge in [0.1, 0.15) is 6.54 Å². The number of alkyl halides is 3. The molecule has 1 aliphatic rings. The summed E-state index contributed by atoms with van der Waals surface area (Å²) in [5, 5.41) is 0. The van der Waals surface area contributed by atoms with Crippen LogP contribution in [0.5, 0.6) is 0 Å². The van der Waals surface area contributed by atoms with Gasteiger partial charge in [0.05, 0.1) is 11.4 Å². The van der Waals surface area contributed by atoms with Gasteiger partial charge in [-0.1, -0.05) is 23.9 Å². The minimum Gasteiger partial charge on any atom is -0.330 e. The number of hydrogen-bond donors (Lipinski definition) is 0. The fourth-order valence-electron chi connectivity index (χ4n) is 2.45. The number of rotatable bonds is 1. The first kappa shape index (κ1) is 14.3. The lowest BCUT2D eigenvalue weighted by molar-refractivity contribution is -0.118. The summed E-state index contributed by atoms with van der Waals surface area (Å²) in [4.78, 5) is 3.10. The van der Waals surface area contributed by atoms with Crippen molar-refractivity contribution < 1.29 is 13.2 Å². The Morgan fingerprint density at radius 1 is 0.905 bits per heavy atom. The summed E-state index contributed by atoms with van der Waals surface area (Å²) >= 11 is 1.53. The zero-order valence-corrected chi connectivity index (χ0v) is 12.5. The van der Waals surface area contributed by atoms with Crippen molar-refractivity contribution in [3.05, 3.63) is 47.5 Å². The molecule has 0 bridgehead atoms. The normalized spacial score (nSPS) is 13.9. The van der Waals surface area contributed by atoms with E-state index in [9.17, 15) is 13.2 Å². The second-order valence-electron chi connectivity index (χ2n) is 5.25. The topological polar surface area (TPSA) is 3.24 Å². The Hall–Kier alpha value is -1.62. The third-order valence-corrected chi connectivity index (χ3v) is 4.48. The molecule has 21 heavy (non-hydrogen) atoms. The van der Waals surface area contributed by atoms with Gasteiger partial charge in [-0.2, -0.15) is 13.2 Å². The van der Waals surface area contributed by atoms with Gasteiger partial charge in [0.15, 0.2) is 0 Å². The average molecular weight is 309 g/mol. The first-order valence-electron chi connectivity index (χ1n) is 6.57. The highest BCUT2D eigenvalue weighted by Gasteiger charge is 2.35. The van der Waals surface area contributed by atoms with Gasteiger partial charge in [0.25, 0.3) is 0 Å². The van der Waals surface area contributed by atoms with E-state index in [-0.39, 0.29) is 0 Å². The predicted molar refractivity (Wildman–Crippen MR) is 79.5 cm³/mol. The molecule has 0 saturated heterocycles. The highest BCUT2D eigenvalue weighted by atomic mass is 32.2. The highest BCUT2D eigenvalue weighted by molar-refractivity contribution is 7.99. The fourth-order valence-corrected chi connectivity index (χ4v) is 3.62. The number of fused-ring (bicyclic) bond motifs is 2. The summed E-state index contributed by atoms with van der Waals surface area (Å²) in [6.45, 7) is 2.86. The highest BCUT2D eigenvalue weighted by Crippen LogP contribution is 2.49. The van der Waals surface area contributed by atoms with Crippen LogP contribution in [0.1, 0.15) is 11.1 Å². The standard InChI is InChI=1S/C16H14F3NS/c1-10-4-6-14-13(7-10)20(9-16(17,18)19)12-5-3-11(2)8-15(12)21-14/h3-8H,9H2,1-2H3. The lowest BCUT2D eigenvalue weighted by Gasteiger charge is -2.33. The van der Waals surface area contributed by atoms with E-state index >= 15 is 0 Å². The second kappa shape index (κ2) is 4.98. The summed E-state index contributed by atoms with van der Waals surface area (Å²) in [7, 11) is 0. The van der Waals surface area contributed by atoms with Gasteiger partial charge >= 0.3 is 6.18 Å². The maximum atomic E-state index is 13.0. The first-order valence-corrected chi connectivity index (χ1v) is 7.38. The van der Waals surface area contributed by atoms with Crippen LogP contribution in [0.15, 0.2) is 46.2 Å². The van der Waals surface area contributed by atoms with Crippen molar-refractivity contribution in [3.63, 3.8) is 0 Å². The van der Waals surface area contributed by atoms with Gasteiger partial charge in [0, 0.05) is 9.79 Å². The van der Waals surface area contributed by atoms with Gasteiger partial charge in [-0.05, 0) is 49.2 Å². The van der Waals surface area contributed by atoms with Crippen molar-refractivity contribution >= 4 is 23.1 Å². The van der Waals surface area contributed by atoms with Crippen LogP contribution in [0.2, 0.25) is 0 Å². The molecule has 0 radical (unpaired) electrons. The van der Waals surface area contributed by atoms with Crippen LogP contribution >= 0.6 is 11.8 Å². The summed E-state index contributed by atoms with van der Waals surface area (Å²) in [6.07, 6.45) is -4.24. The van der Waals surface area contributed by atoms with E-state index in [0.717, 1.165) is 20.9 Å². The van der Waals surface area contributed by atoms with Crippen LogP contribution in [0, 0.1) is 13.8 Å². The summed E-state index contributed by atoms with van der Waals surface area (Å²) in [5.74, 6) is 0. The van der Waals surface area contributed by atoms with Crippen LogP contribution in [0.25, 0.3) is 0 Å². The number of halogens is 3. The van der Waals surface area contributed by atoms with Gasteiger partial charge in [-0.3, -0.25) is 0 Å². The lowest BCUT2D eigenvalue weighted by Crippen LogP contribution is -2.32. The van der Waals surface area contributed by atoms with Crippen molar-refractivity contribution in [1.29, 1.82) is 0 Å². The largest absolute Gasteiger partial charge is 0.406 e. The van der Waals surface area contributed by atoms with Gasteiger partial charge in [-0.25, -0.2) is 0 Å². The SMILES string of the molecule is Cc1ccc2c(c1)Sc1ccc(C)cc1N2CC(F)(F)F. The maximum absolute atomic E-state index is 13.0. The molecule has 3 rings (SSSR count).